The second-order valence-corrected chi connectivity index (χ2v) is 7.28. The highest BCUT2D eigenvalue weighted by atomic mass is 16.5. The van der Waals surface area contributed by atoms with Crippen molar-refractivity contribution in [2.45, 2.75) is 13.5 Å². The molecular weight excluding hydrogens is 454 g/mol. The summed E-state index contributed by atoms with van der Waals surface area (Å²) in [6.45, 7) is 2.22. The van der Waals surface area contributed by atoms with Gasteiger partial charge in [-0.05, 0) is 61.5 Å². The zero-order valence-electron chi connectivity index (χ0n) is 19.4. The van der Waals surface area contributed by atoms with Crippen LogP contribution in [0.2, 0.25) is 0 Å². The molecule has 9 heteroatoms. The summed E-state index contributed by atoms with van der Waals surface area (Å²) in [4.78, 5) is 24.3. The monoisotopic (exact) mass is 477 g/mol. The van der Waals surface area contributed by atoms with Crippen LogP contribution in [0.25, 0.3) is 11.0 Å². The van der Waals surface area contributed by atoms with Crippen LogP contribution in [0.5, 0.6) is 23.0 Å². The Hall–Kier alpha value is -4.53. The van der Waals surface area contributed by atoms with Crippen molar-refractivity contribution in [2.24, 2.45) is 0 Å². The molecule has 3 aromatic carbocycles. The zero-order valence-corrected chi connectivity index (χ0v) is 19.4. The highest BCUT2D eigenvalue weighted by molar-refractivity contribution is 5.92. The standard InChI is InChI=1S/C26H23NO8/c1-4-32-25(28)16-5-8-18(9-6-16)33-15-21-20-11-10-19(14-23(20)35-27-21)34-26(29)17-7-12-22(30-2)24(13-17)31-3/h5-14H,4,15H2,1-3H3. The Bertz CT molecular complexity index is 1340. The van der Waals surface area contributed by atoms with Crippen LogP contribution >= 0.6 is 0 Å². The molecule has 0 aliphatic heterocycles. The highest BCUT2D eigenvalue weighted by Gasteiger charge is 2.15. The minimum atomic E-state index is -0.556. The molecule has 180 valence electrons. The lowest BCUT2D eigenvalue weighted by atomic mass is 10.2. The summed E-state index contributed by atoms with van der Waals surface area (Å²) in [5.74, 6) is 0.860. The molecule has 0 radical (unpaired) electrons. The fraction of sp³-hybridized carbons (Fsp3) is 0.192. The number of aromatic nitrogens is 1. The number of carbonyl (C=O) groups is 2. The smallest absolute Gasteiger partial charge is 0.343 e. The Morgan fingerprint density at radius 3 is 2.26 bits per heavy atom. The zero-order chi connectivity index (χ0) is 24.8. The molecule has 1 aromatic heterocycles. The molecule has 0 aliphatic rings. The predicted molar refractivity (Wildman–Crippen MR) is 125 cm³/mol. The number of rotatable bonds is 9. The fourth-order valence-corrected chi connectivity index (χ4v) is 3.32. The number of ether oxygens (including phenoxy) is 5. The van der Waals surface area contributed by atoms with Gasteiger partial charge < -0.3 is 28.2 Å². The van der Waals surface area contributed by atoms with E-state index in [1.807, 2.05) is 0 Å². The van der Waals surface area contributed by atoms with Crippen LogP contribution in [0, 0.1) is 0 Å². The number of methoxy groups -OCH3 is 2. The van der Waals surface area contributed by atoms with Crippen LogP contribution in [0.1, 0.15) is 33.3 Å². The Labute approximate surface area is 201 Å². The van der Waals surface area contributed by atoms with Crippen molar-refractivity contribution in [3.63, 3.8) is 0 Å². The van der Waals surface area contributed by atoms with Gasteiger partial charge in [0, 0.05) is 11.5 Å². The van der Waals surface area contributed by atoms with E-state index in [1.54, 1.807) is 67.6 Å². The van der Waals surface area contributed by atoms with Crippen LogP contribution in [0.3, 0.4) is 0 Å². The van der Waals surface area contributed by atoms with Gasteiger partial charge >= 0.3 is 11.9 Å². The van der Waals surface area contributed by atoms with E-state index in [2.05, 4.69) is 5.16 Å². The van der Waals surface area contributed by atoms with Gasteiger partial charge in [-0.2, -0.15) is 0 Å². The van der Waals surface area contributed by atoms with E-state index in [0.717, 1.165) is 5.39 Å². The first kappa shape index (κ1) is 23.6. The molecule has 0 N–H and O–H groups in total. The summed E-state index contributed by atoms with van der Waals surface area (Å²) in [5.41, 5.74) is 1.77. The molecule has 0 saturated heterocycles. The van der Waals surface area contributed by atoms with Gasteiger partial charge in [-0.15, -0.1) is 0 Å². The van der Waals surface area contributed by atoms with Gasteiger partial charge in [-0.1, -0.05) is 5.16 Å². The van der Waals surface area contributed by atoms with Crippen molar-refractivity contribution in [3.8, 4) is 23.0 Å². The first-order valence-electron chi connectivity index (χ1n) is 10.7. The second kappa shape index (κ2) is 10.6. The quantitative estimate of drug-likeness (QED) is 0.248. The van der Waals surface area contributed by atoms with E-state index >= 15 is 0 Å². The molecular formula is C26H23NO8. The summed E-state index contributed by atoms with van der Waals surface area (Å²) >= 11 is 0. The molecule has 9 nitrogen and oxygen atoms in total. The van der Waals surface area contributed by atoms with Crippen molar-refractivity contribution in [3.05, 3.63) is 77.5 Å². The average molecular weight is 477 g/mol. The summed E-state index contributed by atoms with van der Waals surface area (Å²) in [6, 6.07) is 16.4. The topological polar surface area (TPSA) is 106 Å². The van der Waals surface area contributed by atoms with Gasteiger partial charge in [0.15, 0.2) is 17.1 Å². The Balaban J connectivity index is 1.42. The molecule has 0 atom stereocenters. The third-order valence-corrected chi connectivity index (χ3v) is 5.09. The lowest BCUT2D eigenvalue weighted by Crippen LogP contribution is -2.08. The van der Waals surface area contributed by atoms with Crippen LogP contribution in [-0.2, 0) is 11.3 Å². The number of hydrogen-bond acceptors (Lipinski definition) is 9. The molecule has 0 aliphatic carbocycles. The van der Waals surface area contributed by atoms with Gasteiger partial charge in [0.1, 0.15) is 23.8 Å². The first-order valence-corrected chi connectivity index (χ1v) is 10.7. The average Bonchev–Trinajstić information content (AvgIpc) is 3.29. The summed E-state index contributed by atoms with van der Waals surface area (Å²) in [6.07, 6.45) is 0. The maximum atomic E-state index is 12.6. The third kappa shape index (κ3) is 5.35. The SMILES string of the molecule is CCOC(=O)c1ccc(OCc2noc3cc(OC(=O)c4ccc(OC)c(OC)c4)ccc23)cc1. The van der Waals surface area contributed by atoms with Gasteiger partial charge in [0.05, 0.1) is 32.0 Å². The van der Waals surface area contributed by atoms with E-state index in [-0.39, 0.29) is 12.6 Å². The maximum Gasteiger partial charge on any atom is 0.343 e. The first-order chi connectivity index (χ1) is 17.0. The minimum Gasteiger partial charge on any atom is -0.493 e. The minimum absolute atomic E-state index is 0.149. The van der Waals surface area contributed by atoms with Crippen LogP contribution in [0.4, 0.5) is 0 Å². The third-order valence-electron chi connectivity index (χ3n) is 5.09. The lowest BCUT2D eigenvalue weighted by molar-refractivity contribution is 0.0526. The molecule has 35 heavy (non-hydrogen) atoms. The van der Waals surface area contributed by atoms with E-state index < -0.39 is 5.97 Å². The van der Waals surface area contributed by atoms with Gasteiger partial charge in [0.25, 0.3) is 0 Å². The van der Waals surface area contributed by atoms with Crippen molar-refractivity contribution in [2.75, 3.05) is 20.8 Å². The number of nitrogens with zero attached hydrogens (tertiary/aromatic N) is 1. The van der Waals surface area contributed by atoms with Gasteiger partial charge in [-0.3, -0.25) is 0 Å². The van der Waals surface area contributed by atoms with Gasteiger partial charge in [-0.25, -0.2) is 9.59 Å². The largest absolute Gasteiger partial charge is 0.493 e. The van der Waals surface area contributed by atoms with E-state index in [4.69, 9.17) is 28.2 Å². The fourth-order valence-electron chi connectivity index (χ4n) is 3.32. The Kier molecular flexibility index (Phi) is 7.15. The number of carbonyl (C=O) groups excluding carboxylic acids is 2. The Morgan fingerprint density at radius 2 is 1.54 bits per heavy atom. The maximum absolute atomic E-state index is 12.6. The number of esters is 2. The molecule has 0 spiro atoms. The van der Waals surface area contributed by atoms with Crippen LogP contribution in [-0.4, -0.2) is 37.9 Å². The van der Waals surface area contributed by atoms with Crippen molar-refractivity contribution >= 4 is 22.9 Å². The lowest BCUT2D eigenvalue weighted by Gasteiger charge is -2.09. The molecule has 0 unspecified atom stereocenters. The van der Waals surface area contributed by atoms with Crippen LogP contribution < -0.4 is 18.9 Å². The molecule has 1 heterocycles. The second-order valence-electron chi connectivity index (χ2n) is 7.28. The summed E-state index contributed by atoms with van der Waals surface area (Å²) in [7, 11) is 3.01. The normalized spacial score (nSPS) is 10.6. The number of hydrogen-bond donors (Lipinski definition) is 0. The van der Waals surface area contributed by atoms with Crippen molar-refractivity contribution in [1.29, 1.82) is 0 Å². The van der Waals surface area contributed by atoms with Crippen molar-refractivity contribution in [1.82, 2.24) is 5.16 Å². The molecule has 0 saturated carbocycles. The van der Waals surface area contributed by atoms with E-state index in [1.165, 1.54) is 14.2 Å². The molecule has 4 aromatic rings. The van der Waals surface area contributed by atoms with E-state index in [0.29, 0.717) is 52.0 Å². The van der Waals surface area contributed by atoms with Crippen LogP contribution in [0.15, 0.2) is 65.2 Å². The predicted octanol–water partition coefficient (Wildman–Crippen LogP) is 4.82. The van der Waals surface area contributed by atoms with Gasteiger partial charge in [0.2, 0.25) is 0 Å². The molecule has 0 fully saturated rings. The van der Waals surface area contributed by atoms with E-state index in [9.17, 15) is 9.59 Å². The number of fused-ring (bicyclic) bond motifs is 1. The summed E-state index contributed by atoms with van der Waals surface area (Å²) in [5, 5.41) is 4.78. The van der Waals surface area contributed by atoms with Crippen molar-refractivity contribution < 1.29 is 37.8 Å². The molecule has 0 bridgehead atoms. The molecule has 4 rings (SSSR count). The highest BCUT2D eigenvalue weighted by Crippen LogP contribution is 2.29. The Morgan fingerprint density at radius 1 is 0.829 bits per heavy atom. The summed E-state index contributed by atoms with van der Waals surface area (Å²) < 4.78 is 32.0. The number of benzene rings is 3. The molecule has 0 amide bonds.